The maximum Gasteiger partial charge on any atom is 0.295 e. The van der Waals surface area contributed by atoms with Crippen molar-refractivity contribution in [3.8, 4) is 5.75 Å². The number of carbonyl (C=O) groups is 2. The zero-order valence-corrected chi connectivity index (χ0v) is 21.0. The lowest BCUT2D eigenvalue weighted by atomic mass is 9.93. The van der Waals surface area contributed by atoms with Gasteiger partial charge in [-0.15, -0.1) is 0 Å². The number of aliphatic hydroxyl groups excluding tert-OH is 1. The van der Waals surface area contributed by atoms with E-state index < -0.39 is 17.7 Å². The summed E-state index contributed by atoms with van der Waals surface area (Å²) in [5, 5.41) is 11.2. The highest BCUT2D eigenvalue weighted by molar-refractivity contribution is 6.46. The average Bonchev–Trinajstić information content (AvgIpc) is 3.06. The number of aliphatic hydroxyl groups is 1. The summed E-state index contributed by atoms with van der Waals surface area (Å²) in [6.45, 7) is 9.96. The first-order valence-corrected chi connectivity index (χ1v) is 11.9. The quantitative estimate of drug-likeness (QED) is 0.327. The largest absolute Gasteiger partial charge is 0.507 e. The van der Waals surface area contributed by atoms with Gasteiger partial charge < -0.3 is 19.6 Å². The van der Waals surface area contributed by atoms with Crippen LogP contribution in [0, 0.1) is 5.92 Å². The Kier molecular flexibility index (Phi) is 8.15. The first kappa shape index (κ1) is 25.5. The van der Waals surface area contributed by atoms with Gasteiger partial charge in [0.25, 0.3) is 11.7 Å². The van der Waals surface area contributed by atoms with Crippen LogP contribution in [0.4, 0.5) is 0 Å². The molecular formula is C28H36N2O4. The minimum atomic E-state index is -0.658. The summed E-state index contributed by atoms with van der Waals surface area (Å²) in [4.78, 5) is 29.7. The molecule has 3 rings (SSSR count). The van der Waals surface area contributed by atoms with E-state index in [2.05, 4.69) is 27.7 Å². The Morgan fingerprint density at radius 1 is 1.00 bits per heavy atom. The number of Topliss-reactive ketones (excluding diaryl/α,β-unsaturated/α-hetero) is 1. The smallest absolute Gasteiger partial charge is 0.295 e. The van der Waals surface area contributed by atoms with Crippen LogP contribution in [0.3, 0.4) is 0 Å². The predicted molar refractivity (Wildman–Crippen MR) is 135 cm³/mol. The minimum Gasteiger partial charge on any atom is -0.507 e. The monoisotopic (exact) mass is 464 g/mol. The molecule has 6 heteroatoms. The number of ether oxygens (including phenoxy) is 1. The number of rotatable bonds is 9. The van der Waals surface area contributed by atoms with Crippen LogP contribution < -0.4 is 4.74 Å². The third kappa shape index (κ3) is 5.68. The molecule has 1 heterocycles. The Morgan fingerprint density at radius 3 is 2.15 bits per heavy atom. The summed E-state index contributed by atoms with van der Waals surface area (Å²) >= 11 is 0. The number of hydrogen-bond acceptors (Lipinski definition) is 5. The van der Waals surface area contributed by atoms with E-state index in [9.17, 15) is 14.7 Å². The summed E-state index contributed by atoms with van der Waals surface area (Å²) in [5.41, 5.74) is 2.58. The lowest BCUT2D eigenvalue weighted by molar-refractivity contribution is -0.140. The van der Waals surface area contributed by atoms with Gasteiger partial charge in [-0.1, -0.05) is 52.0 Å². The van der Waals surface area contributed by atoms with Gasteiger partial charge in [0.2, 0.25) is 0 Å². The Morgan fingerprint density at radius 2 is 1.62 bits per heavy atom. The molecule has 6 nitrogen and oxygen atoms in total. The zero-order chi connectivity index (χ0) is 25.0. The molecule has 0 spiro atoms. The van der Waals surface area contributed by atoms with Crippen LogP contribution in [-0.2, 0) is 9.59 Å². The Bertz CT molecular complexity index is 1040. The summed E-state index contributed by atoms with van der Waals surface area (Å²) < 4.78 is 5.73. The van der Waals surface area contributed by atoms with Crippen LogP contribution in [0.15, 0.2) is 54.1 Å². The van der Waals surface area contributed by atoms with Crippen molar-refractivity contribution in [2.75, 3.05) is 33.8 Å². The molecule has 0 radical (unpaired) electrons. The maximum absolute atomic E-state index is 13.1. The van der Waals surface area contributed by atoms with Gasteiger partial charge in [-0.3, -0.25) is 9.59 Å². The highest BCUT2D eigenvalue weighted by atomic mass is 16.5. The third-order valence-electron chi connectivity index (χ3n) is 5.96. The zero-order valence-electron chi connectivity index (χ0n) is 21.0. The lowest BCUT2D eigenvalue weighted by Crippen LogP contribution is -2.35. The number of ketones is 1. The molecule has 0 aromatic heterocycles. The van der Waals surface area contributed by atoms with Crippen LogP contribution in [-0.4, -0.2) is 60.4 Å². The highest BCUT2D eigenvalue weighted by Gasteiger charge is 2.45. The van der Waals surface area contributed by atoms with Crippen molar-refractivity contribution in [2.24, 2.45) is 5.92 Å². The summed E-state index contributed by atoms with van der Waals surface area (Å²) in [7, 11) is 3.85. The topological polar surface area (TPSA) is 70.1 Å². The number of likely N-dealkylation sites (N-methyl/N-ethyl adjacent to an activating group) is 1. The molecule has 2 aromatic carbocycles. The molecule has 1 N–H and O–H groups in total. The Labute approximate surface area is 202 Å². The van der Waals surface area contributed by atoms with Gasteiger partial charge in [-0.25, -0.2) is 0 Å². The van der Waals surface area contributed by atoms with Crippen molar-refractivity contribution in [3.63, 3.8) is 0 Å². The number of amides is 1. The molecule has 182 valence electrons. The molecule has 1 unspecified atom stereocenters. The van der Waals surface area contributed by atoms with Crippen LogP contribution in [0.2, 0.25) is 0 Å². The number of hydrogen-bond donors (Lipinski definition) is 1. The Hall–Kier alpha value is -3.12. The number of nitrogens with zero attached hydrogens (tertiary/aromatic N) is 2. The normalized spacial score (nSPS) is 17.9. The average molecular weight is 465 g/mol. The fourth-order valence-corrected chi connectivity index (χ4v) is 3.96. The first-order chi connectivity index (χ1) is 16.1. The van der Waals surface area contributed by atoms with Crippen molar-refractivity contribution < 1.29 is 19.4 Å². The Balaban J connectivity index is 2.03. The second kappa shape index (κ2) is 10.9. The van der Waals surface area contributed by atoms with Crippen molar-refractivity contribution >= 4 is 17.4 Å². The minimum absolute atomic E-state index is 0.122. The van der Waals surface area contributed by atoms with Crippen LogP contribution in [0.5, 0.6) is 5.75 Å². The van der Waals surface area contributed by atoms with Gasteiger partial charge in [0.15, 0.2) is 0 Å². The summed E-state index contributed by atoms with van der Waals surface area (Å²) in [6, 6.07) is 14.3. The predicted octanol–water partition coefficient (Wildman–Crippen LogP) is 4.83. The molecule has 1 fully saturated rings. The van der Waals surface area contributed by atoms with Gasteiger partial charge in [0.1, 0.15) is 11.5 Å². The van der Waals surface area contributed by atoms with E-state index in [-0.39, 0.29) is 11.3 Å². The van der Waals surface area contributed by atoms with Crippen LogP contribution in [0.25, 0.3) is 5.76 Å². The second-order valence-corrected chi connectivity index (χ2v) is 9.85. The summed E-state index contributed by atoms with van der Waals surface area (Å²) in [6.07, 6.45) is 0. The van der Waals surface area contributed by atoms with Crippen molar-refractivity contribution in [2.45, 2.75) is 39.7 Å². The summed E-state index contributed by atoms with van der Waals surface area (Å²) in [5.74, 6) is 0.0444. The number of carbonyl (C=O) groups excluding carboxylic acids is 2. The van der Waals surface area contributed by atoms with Gasteiger partial charge in [-0.2, -0.15) is 0 Å². The number of benzene rings is 2. The molecule has 0 saturated carbocycles. The molecule has 1 atom stereocenters. The van der Waals surface area contributed by atoms with Gasteiger partial charge in [0, 0.05) is 18.7 Å². The molecule has 0 bridgehead atoms. The molecule has 34 heavy (non-hydrogen) atoms. The third-order valence-corrected chi connectivity index (χ3v) is 5.96. The molecule has 1 aliphatic heterocycles. The van der Waals surface area contributed by atoms with E-state index in [0.717, 1.165) is 5.56 Å². The van der Waals surface area contributed by atoms with Gasteiger partial charge in [0.05, 0.1) is 18.2 Å². The molecular weight excluding hydrogens is 428 g/mol. The van der Waals surface area contributed by atoms with E-state index in [1.165, 1.54) is 5.56 Å². The highest BCUT2D eigenvalue weighted by Crippen LogP contribution is 2.39. The van der Waals surface area contributed by atoms with Crippen molar-refractivity contribution in [1.82, 2.24) is 9.80 Å². The van der Waals surface area contributed by atoms with Gasteiger partial charge >= 0.3 is 0 Å². The van der Waals surface area contributed by atoms with Crippen molar-refractivity contribution in [1.29, 1.82) is 0 Å². The SMILES string of the molecule is CC(C)COc1ccc(/C(O)=C2/C(=O)C(=O)N(CCN(C)C)C2c2ccc(C(C)C)cc2)cc1. The van der Waals surface area contributed by atoms with E-state index in [0.29, 0.717) is 42.8 Å². The van der Waals surface area contributed by atoms with E-state index in [4.69, 9.17) is 4.74 Å². The van der Waals surface area contributed by atoms with Gasteiger partial charge in [-0.05, 0) is 61.3 Å². The second-order valence-electron chi connectivity index (χ2n) is 9.85. The van der Waals surface area contributed by atoms with E-state index in [1.54, 1.807) is 29.2 Å². The molecule has 0 aliphatic carbocycles. The van der Waals surface area contributed by atoms with E-state index >= 15 is 0 Å². The van der Waals surface area contributed by atoms with Crippen LogP contribution in [0.1, 0.15) is 56.3 Å². The fourth-order valence-electron chi connectivity index (χ4n) is 3.96. The van der Waals surface area contributed by atoms with Crippen LogP contribution >= 0.6 is 0 Å². The molecule has 1 saturated heterocycles. The standard InChI is InChI=1S/C28H36N2O4/c1-18(2)17-34-23-13-11-22(12-14-23)26(31)24-25(21-9-7-20(8-10-21)19(3)4)30(16-15-29(5)6)28(33)27(24)32/h7-14,18-19,25,31H,15-17H2,1-6H3/b26-24-. The molecule has 1 aliphatic rings. The fraction of sp³-hybridized carbons (Fsp3) is 0.429. The lowest BCUT2D eigenvalue weighted by Gasteiger charge is -2.27. The van der Waals surface area contributed by atoms with Crippen molar-refractivity contribution in [3.05, 3.63) is 70.8 Å². The first-order valence-electron chi connectivity index (χ1n) is 11.9. The maximum atomic E-state index is 13.1. The number of likely N-dealkylation sites (tertiary alicyclic amines) is 1. The molecule has 1 amide bonds. The van der Waals surface area contributed by atoms with E-state index in [1.807, 2.05) is 43.3 Å². The molecule has 2 aromatic rings.